The van der Waals surface area contributed by atoms with Crippen LogP contribution in [-0.2, 0) is 0 Å². The Morgan fingerprint density at radius 1 is 1.25 bits per heavy atom. The number of carbonyl (C=O) groups is 1. The summed E-state index contributed by atoms with van der Waals surface area (Å²) in [5.41, 5.74) is 2.24. The topological polar surface area (TPSA) is 77.1 Å². The number of nitrogens with zero attached hydrogens (tertiary/aromatic N) is 4. The van der Waals surface area contributed by atoms with E-state index in [9.17, 15) is 4.79 Å². The molecular formula is C13H20N6O. The minimum Gasteiger partial charge on any atom is -0.324 e. The smallest absolute Gasteiger partial charge is 0.321 e. The molecule has 0 saturated heterocycles. The monoisotopic (exact) mass is 276 g/mol. The average Bonchev–Trinajstić information content (AvgIpc) is 2.86. The second-order valence-electron chi connectivity index (χ2n) is 4.84. The molecule has 0 bridgehead atoms. The number of rotatable bonds is 5. The van der Waals surface area contributed by atoms with Crippen molar-refractivity contribution in [3.05, 3.63) is 18.2 Å². The molecule has 0 spiro atoms. The molecule has 1 aromatic heterocycles. The number of urea groups is 1. The summed E-state index contributed by atoms with van der Waals surface area (Å²) in [5.74, 6) is 0. The number of fused-ring (bicyclic) bond motifs is 1. The maximum atomic E-state index is 12.2. The molecule has 7 nitrogen and oxygen atoms in total. The van der Waals surface area contributed by atoms with Crippen molar-refractivity contribution >= 4 is 22.8 Å². The van der Waals surface area contributed by atoms with Crippen LogP contribution in [0.4, 0.5) is 10.5 Å². The number of nitrogens with one attached hydrogen (secondary N) is 2. The highest BCUT2D eigenvalue weighted by molar-refractivity contribution is 5.91. The fraction of sp³-hybridized carbons (Fsp3) is 0.462. The molecule has 0 atom stereocenters. The highest BCUT2D eigenvalue weighted by Gasteiger charge is 2.12. The number of carbonyl (C=O) groups excluding carboxylic acids is 1. The molecule has 2 N–H and O–H groups in total. The average molecular weight is 276 g/mol. The SMILES string of the molecule is CCN(CCN(C)C)C(=O)Nc1ccc2n[nH]nc2c1. The lowest BCUT2D eigenvalue weighted by Crippen LogP contribution is -2.39. The molecular weight excluding hydrogens is 256 g/mol. The van der Waals surface area contributed by atoms with E-state index >= 15 is 0 Å². The molecule has 2 rings (SSSR count). The summed E-state index contributed by atoms with van der Waals surface area (Å²) >= 11 is 0. The van der Waals surface area contributed by atoms with E-state index < -0.39 is 0 Å². The Bertz CT molecular complexity index is 579. The van der Waals surface area contributed by atoms with E-state index in [1.807, 2.05) is 33.2 Å². The zero-order valence-corrected chi connectivity index (χ0v) is 12.1. The number of H-pyrrole nitrogens is 1. The standard InChI is InChI=1S/C13H20N6O/c1-4-19(8-7-18(2)3)13(20)14-10-5-6-11-12(9-10)16-17-15-11/h5-6,9H,4,7-8H2,1-3H3,(H,14,20)(H,15,16,17). The van der Waals surface area contributed by atoms with Gasteiger partial charge in [-0.3, -0.25) is 0 Å². The Kier molecular flexibility index (Phi) is 4.52. The number of aromatic amines is 1. The van der Waals surface area contributed by atoms with Gasteiger partial charge in [-0.25, -0.2) is 4.79 Å². The molecule has 0 aliphatic carbocycles. The van der Waals surface area contributed by atoms with Gasteiger partial charge >= 0.3 is 6.03 Å². The summed E-state index contributed by atoms with van der Waals surface area (Å²) in [7, 11) is 3.98. The van der Waals surface area contributed by atoms with Gasteiger partial charge in [-0.1, -0.05) is 0 Å². The summed E-state index contributed by atoms with van der Waals surface area (Å²) in [6.07, 6.45) is 0. The van der Waals surface area contributed by atoms with Crippen molar-refractivity contribution in [3.63, 3.8) is 0 Å². The number of hydrogen-bond donors (Lipinski definition) is 2. The summed E-state index contributed by atoms with van der Waals surface area (Å²) in [6.45, 7) is 4.17. The van der Waals surface area contributed by atoms with Crippen LogP contribution in [0, 0.1) is 0 Å². The molecule has 0 fully saturated rings. The molecule has 108 valence electrons. The fourth-order valence-electron chi connectivity index (χ4n) is 1.84. The van der Waals surface area contributed by atoms with Crippen molar-refractivity contribution in [2.24, 2.45) is 0 Å². The van der Waals surface area contributed by atoms with Crippen LogP contribution < -0.4 is 5.32 Å². The molecule has 0 radical (unpaired) electrons. The zero-order valence-electron chi connectivity index (χ0n) is 12.1. The fourth-order valence-corrected chi connectivity index (χ4v) is 1.84. The van der Waals surface area contributed by atoms with Gasteiger partial charge in [0.15, 0.2) is 0 Å². The minimum absolute atomic E-state index is 0.0998. The first-order valence-corrected chi connectivity index (χ1v) is 6.61. The maximum Gasteiger partial charge on any atom is 0.321 e. The number of likely N-dealkylation sites (N-methyl/N-ethyl adjacent to an activating group) is 2. The van der Waals surface area contributed by atoms with Gasteiger partial charge in [0.1, 0.15) is 11.0 Å². The van der Waals surface area contributed by atoms with Crippen LogP contribution in [0.2, 0.25) is 0 Å². The Morgan fingerprint density at radius 3 is 2.70 bits per heavy atom. The third-order valence-corrected chi connectivity index (χ3v) is 3.05. The lowest BCUT2D eigenvalue weighted by molar-refractivity contribution is 0.208. The molecule has 20 heavy (non-hydrogen) atoms. The van der Waals surface area contributed by atoms with Gasteiger partial charge < -0.3 is 15.1 Å². The molecule has 0 saturated carbocycles. The predicted octanol–water partition coefficient (Wildman–Crippen LogP) is 1.37. The minimum atomic E-state index is -0.0998. The first-order valence-electron chi connectivity index (χ1n) is 6.61. The number of benzene rings is 1. The van der Waals surface area contributed by atoms with Crippen molar-refractivity contribution in [3.8, 4) is 0 Å². The molecule has 1 aromatic carbocycles. The highest BCUT2D eigenvalue weighted by atomic mass is 16.2. The van der Waals surface area contributed by atoms with Crippen molar-refractivity contribution in [1.82, 2.24) is 25.2 Å². The molecule has 1 heterocycles. The van der Waals surface area contributed by atoms with Crippen molar-refractivity contribution in [2.45, 2.75) is 6.92 Å². The van der Waals surface area contributed by atoms with Crippen molar-refractivity contribution < 1.29 is 4.79 Å². The van der Waals surface area contributed by atoms with Crippen LogP contribution in [0.5, 0.6) is 0 Å². The second kappa shape index (κ2) is 6.33. The Morgan fingerprint density at radius 2 is 2.00 bits per heavy atom. The zero-order chi connectivity index (χ0) is 14.5. The highest BCUT2D eigenvalue weighted by Crippen LogP contribution is 2.15. The van der Waals surface area contributed by atoms with E-state index in [0.717, 1.165) is 23.3 Å². The first kappa shape index (κ1) is 14.3. The summed E-state index contributed by atoms with van der Waals surface area (Å²) in [4.78, 5) is 16.0. The van der Waals surface area contributed by atoms with E-state index in [2.05, 4.69) is 25.6 Å². The van der Waals surface area contributed by atoms with Gasteiger partial charge in [-0.2, -0.15) is 15.4 Å². The maximum absolute atomic E-state index is 12.2. The van der Waals surface area contributed by atoms with Crippen LogP contribution in [0.3, 0.4) is 0 Å². The van der Waals surface area contributed by atoms with Crippen molar-refractivity contribution in [1.29, 1.82) is 0 Å². The molecule has 2 aromatic rings. The van der Waals surface area contributed by atoms with Gasteiger partial charge in [0.05, 0.1) is 0 Å². The lowest BCUT2D eigenvalue weighted by atomic mass is 10.3. The van der Waals surface area contributed by atoms with E-state index in [1.54, 1.807) is 11.0 Å². The Labute approximate surface area is 117 Å². The van der Waals surface area contributed by atoms with Crippen LogP contribution in [0.15, 0.2) is 18.2 Å². The lowest BCUT2D eigenvalue weighted by Gasteiger charge is -2.23. The summed E-state index contributed by atoms with van der Waals surface area (Å²) < 4.78 is 0. The molecule has 0 aliphatic heterocycles. The van der Waals surface area contributed by atoms with Gasteiger partial charge in [0.2, 0.25) is 0 Å². The van der Waals surface area contributed by atoms with E-state index in [1.165, 1.54) is 0 Å². The number of aromatic nitrogens is 3. The van der Waals surface area contributed by atoms with Crippen molar-refractivity contribution in [2.75, 3.05) is 39.0 Å². The molecule has 2 amide bonds. The third-order valence-electron chi connectivity index (χ3n) is 3.05. The van der Waals surface area contributed by atoms with E-state index in [4.69, 9.17) is 0 Å². The summed E-state index contributed by atoms with van der Waals surface area (Å²) in [6, 6.07) is 5.35. The van der Waals surface area contributed by atoms with E-state index in [0.29, 0.717) is 13.1 Å². The quantitative estimate of drug-likeness (QED) is 0.864. The van der Waals surface area contributed by atoms with Gasteiger partial charge in [-0.05, 0) is 39.2 Å². The third kappa shape index (κ3) is 3.45. The van der Waals surface area contributed by atoms with Crippen LogP contribution >= 0.6 is 0 Å². The summed E-state index contributed by atoms with van der Waals surface area (Å²) in [5, 5.41) is 13.4. The molecule has 0 unspecified atom stereocenters. The second-order valence-corrected chi connectivity index (χ2v) is 4.84. The van der Waals surface area contributed by atoms with Crippen LogP contribution in [0.1, 0.15) is 6.92 Å². The number of hydrogen-bond acceptors (Lipinski definition) is 4. The first-order chi connectivity index (χ1) is 9.60. The van der Waals surface area contributed by atoms with Gasteiger partial charge in [0, 0.05) is 25.3 Å². The normalized spacial score (nSPS) is 11.0. The predicted molar refractivity (Wildman–Crippen MR) is 78.7 cm³/mol. The molecule has 7 heteroatoms. The van der Waals surface area contributed by atoms with E-state index in [-0.39, 0.29) is 6.03 Å². The van der Waals surface area contributed by atoms with Crippen LogP contribution in [-0.4, -0.2) is 65.0 Å². The molecule has 0 aliphatic rings. The largest absolute Gasteiger partial charge is 0.324 e. The van der Waals surface area contributed by atoms with Gasteiger partial charge in [0.25, 0.3) is 0 Å². The number of amides is 2. The van der Waals surface area contributed by atoms with Gasteiger partial charge in [-0.15, -0.1) is 0 Å². The Hall–Kier alpha value is -2.15. The number of anilines is 1. The Balaban J connectivity index is 2.01. The van der Waals surface area contributed by atoms with Crippen LogP contribution in [0.25, 0.3) is 11.0 Å².